The number of hydrogen-bond acceptors (Lipinski definition) is 9. The van der Waals surface area contributed by atoms with Crippen molar-refractivity contribution in [2.45, 2.75) is 38.3 Å². The maximum atomic E-state index is 12.8. The summed E-state index contributed by atoms with van der Waals surface area (Å²) in [5.74, 6) is -0.424. The molecule has 1 atom stereocenters. The number of amides is 2. The fraction of sp³-hybridized carbons (Fsp3) is 0.391. The number of aryl methyl sites for hydroxylation is 1. The molecule has 2 amide bonds. The van der Waals surface area contributed by atoms with Crippen LogP contribution >= 0.6 is 0 Å². The van der Waals surface area contributed by atoms with Crippen LogP contribution < -0.4 is 21.3 Å². The van der Waals surface area contributed by atoms with E-state index in [0.29, 0.717) is 30.3 Å². The Morgan fingerprint density at radius 1 is 1.20 bits per heavy atom. The zero-order valence-corrected chi connectivity index (χ0v) is 19.9. The third-order valence-electron chi connectivity index (χ3n) is 5.77. The number of nitrogens with two attached hydrogens (primary N) is 1. The Morgan fingerprint density at radius 2 is 1.94 bits per heavy atom. The van der Waals surface area contributed by atoms with Crippen molar-refractivity contribution in [1.82, 2.24) is 30.3 Å². The van der Waals surface area contributed by atoms with Crippen LogP contribution in [0.1, 0.15) is 53.1 Å². The van der Waals surface area contributed by atoms with Crippen LogP contribution in [0.15, 0.2) is 36.7 Å². The summed E-state index contributed by atoms with van der Waals surface area (Å²) < 4.78 is 1.61. The largest absolute Gasteiger partial charge is 0.386 e. The summed E-state index contributed by atoms with van der Waals surface area (Å²) >= 11 is 0. The third kappa shape index (κ3) is 5.72. The highest BCUT2D eigenvalue weighted by atomic mass is 16.3. The summed E-state index contributed by atoms with van der Waals surface area (Å²) in [6.07, 6.45) is 4.94. The number of rotatable bonds is 7. The number of benzene rings is 1. The summed E-state index contributed by atoms with van der Waals surface area (Å²) in [6.45, 7) is 4.56. The Balaban J connectivity index is 1.47. The number of carbonyl (C=O) groups is 2. The lowest BCUT2D eigenvalue weighted by molar-refractivity contribution is 0.0783. The Hall–Kier alpha value is -4.06. The van der Waals surface area contributed by atoms with Crippen molar-refractivity contribution in [3.8, 4) is 0 Å². The average Bonchev–Trinajstić information content (AvgIpc) is 3.23. The minimum atomic E-state index is -0.971. The Kier molecular flexibility index (Phi) is 6.65. The minimum absolute atomic E-state index is 0.0750. The molecule has 1 aromatic carbocycles. The fourth-order valence-electron chi connectivity index (χ4n) is 3.90. The molecule has 0 bridgehead atoms. The molecule has 12 heteroatoms. The highest BCUT2D eigenvalue weighted by molar-refractivity contribution is 5.96. The summed E-state index contributed by atoms with van der Waals surface area (Å²) in [5, 5.41) is 28.4. The van der Waals surface area contributed by atoms with Gasteiger partial charge in [0, 0.05) is 37.9 Å². The van der Waals surface area contributed by atoms with E-state index in [1.54, 1.807) is 62.2 Å². The normalized spacial score (nSPS) is 16.1. The lowest BCUT2D eigenvalue weighted by Gasteiger charge is -2.33. The predicted octanol–water partition coefficient (Wildman–Crippen LogP) is 1.07. The molecule has 3 aromatic rings. The molecular weight excluding hydrogens is 450 g/mol. The number of anilines is 3. The second kappa shape index (κ2) is 9.66. The zero-order chi connectivity index (χ0) is 25.2. The average molecular weight is 480 g/mol. The molecule has 1 saturated heterocycles. The van der Waals surface area contributed by atoms with Crippen LogP contribution in [-0.4, -0.2) is 61.0 Å². The van der Waals surface area contributed by atoms with Crippen LogP contribution in [0.5, 0.6) is 0 Å². The first-order chi connectivity index (χ1) is 16.6. The van der Waals surface area contributed by atoms with Gasteiger partial charge in [-0.2, -0.15) is 10.1 Å². The van der Waals surface area contributed by atoms with Gasteiger partial charge in [-0.05, 0) is 44.4 Å². The lowest BCUT2D eigenvalue weighted by atomic mass is 9.97. The molecule has 0 aliphatic carbocycles. The van der Waals surface area contributed by atoms with E-state index in [-0.39, 0.29) is 23.5 Å². The highest BCUT2D eigenvalue weighted by Gasteiger charge is 2.26. The molecule has 2 aromatic heterocycles. The summed E-state index contributed by atoms with van der Waals surface area (Å²) in [7, 11) is 1.77. The molecule has 0 spiro atoms. The number of nitrogens with zero attached hydrogens (tertiary/aromatic N) is 6. The molecule has 1 aliphatic rings. The van der Waals surface area contributed by atoms with Crippen LogP contribution in [0.25, 0.3) is 0 Å². The van der Waals surface area contributed by atoms with Crippen molar-refractivity contribution in [2.75, 3.05) is 23.3 Å². The van der Waals surface area contributed by atoms with E-state index in [1.807, 2.05) is 4.90 Å². The van der Waals surface area contributed by atoms with E-state index in [1.165, 1.54) is 0 Å². The van der Waals surface area contributed by atoms with E-state index in [4.69, 9.17) is 5.73 Å². The minimum Gasteiger partial charge on any atom is -0.386 e. The Morgan fingerprint density at radius 3 is 2.57 bits per heavy atom. The van der Waals surface area contributed by atoms with E-state index >= 15 is 0 Å². The fourth-order valence-corrected chi connectivity index (χ4v) is 3.90. The monoisotopic (exact) mass is 479 g/mol. The third-order valence-corrected chi connectivity index (χ3v) is 5.77. The lowest BCUT2D eigenvalue weighted by Crippen LogP contribution is -2.48. The van der Waals surface area contributed by atoms with Gasteiger partial charge >= 0.3 is 0 Å². The predicted molar refractivity (Wildman–Crippen MR) is 129 cm³/mol. The van der Waals surface area contributed by atoms with Gasteiger partial charge in [-0.25, -0.2) is 0 Å². The molecule has 1 aliphatic heterocycles. The maximum absolute atomic E-state index is 12.8. The van der Waals surface area contributed by atoms with Gasteiger partial charge in [0.05, 0.1) is 17.5 Å². The number of hydrogen-bond donors (Lipinski definition) is 4. The molecule has 184 valence electrons. The quantitative estimate of drug-likeness (QED) is 0.388. The van der Waals surface area contributed by atoms with Crippen LogP contribution in [0.2, 0.25) is 0 Å². The number of aliphatic hydroxyl groups is 1. The standard InChI is InChI=1S/C23H29N9O3/c1-23(2,35)15-8-6-14(7-9-15)21(34)27-16-5-4-10-32(13-16)22-28-20(18(19(24)33)29-30-22)26-17-11-25-31(3)12-17/h6-9,11-12,16,35H,4-5,10,13H2,1-3H3,(H2,24,33)(H,27,34)(H,26,28,30)/t16-/m1/s1. The van der Waals surface area contributed by atoms with Gasteiger partial charge in [0.1, 0.15) is 0 Å². The van der Waals surface area contributed by atoms with E-state index in [2.05, 4.69) is 30.9 Å². The number of piperidine rings is 1. The highest BCUT2D eigenvalue weighted by Crippen LogP contribution is 2.22. The molecule has 35 heavy (non-hydrogen) atoms. The molecule has 0 saturated carbocycles. The number of primary amides is 1. The molecule has 0 radical (unpaired) electrons. The van der Waals surface area contributed by atoms with Gasteiger partial charge < -0.3 is 26.4 Å². The molecule has 3 heterocycles. The van der Waals surface area contributed by atoms with E-state index in [0.717, 1.165) is 18.4 Å². The second-order valence-electron chi connectivity index (χ2n) is 9.10. The first-order valence-corrected chi connectivity index (χ1v) is 11.3. The number of nitrogens with one attached hydrogen (secondary N) is 2. The second-order valence-corrected chi connectivity index (χ2v) is 9.10. The summed E-state index contributed by atoms with van der Waals surface area (Å²) in [4.78, 5) is 31.0. The van der Waals surface area contributed by atoms with E-state index < -0.39 is 11.5 Å². The molecule has 1 fully saturated rings. The van der Waals surface area contributed by atoms with Gasteiger partial charge in [-0.15, -0.1) is 10.2 Å². The number of aromatic nitrogens is 5. The first-order valence-electron chi connectivity index (χ1n) is 11.3. The van der Waals surface area contributed by atoms with Gasteiger partial charge in [0.15, 0.2) is 11.5 Å². The topological polar surface area (TPSA) is 164 Å². The van der Waals surface area contributed by atoms with Crippen molar-refractivity contribution >= 4 is 29.3 Å². The van der Waals surface area contributed by atoms with Gasteiger partial charge in [-0.3, -0.25) is 14.3 Å². The molecule has 5 N–H and O–H groups in total. The Labute approximate surface area is 202 Å². The summed E-state index contributed by atoms with van der Waals surface area (Å²) in [5.41, 5.74) is 6.28. The molecule has 4 rings (SSSR count). The van der Waals surface area contributed by atoms with Crippen molar-refractivity contribution in [1.29, 1.82) is 0 Å². The SMILES string of the molecule is Cn1cc(Nc2nc(N3CCC[C@@H](NC(=O)c4ccc(C(C)(C)O)cc4)C3)nnc2C(N)=O)cn1. The molecular formula is C23H29N9O3. The van der Waals surface area contributed by atoms with Crippen LogP contribution in [0, 0.1) is 0 Å². The van der Waals surface area contributed by atoms with Crippen molar-refractivity contribution in [3.63, 3.8) is 0 Å². The smallest absolute Gasteiger partial charge is 0.273 e. The molecule has 0 unspecified atom stereocenters. The van der Waals surface area contributed by atoms with Gasteiger partial charge in [0.25, 0.3) is 11.8 Å². The van der Waals surface area contributed by atoms with Crippen LogP contribution in [0.4, 0.5) is 17.5 Å². The van der Waals surface area contributed by atoms with E-state index in [9.17, 15) is 14.7 Å². The van der Waals surface area contributed by atoms with Crippen molar-refractivity contribution in [3.05, 3.63) is 53.5 Å². The number of carbonyl (C=O) groups excluding carboxylic acids is 2. The zero-order valence-electron chi connectivity index (χ0n) is 19.9. The van der Waals surface area contributed by atoms with Crippen LogP contribution in [0.3, 0.4) is 0 Å². The van der Waals surface area contributed by atoms with Gasteiger partial charge in [-0.1, -0.05) is 12.1 Å². The Bertz CT molecular complexity index is 1220. The van der Waals surface area contributed by atoms with Gasteiger partial charge in [0.2, 0.25) is 5.95 Å². The summed E-state index contributed by atoms with van der Waals surface area (Å²) in [6, 6.07) is 6.78. The maximum Gasteiger partial charge on any atom is 0.273 e. The van der Waals surface area contributed by atoms with Crippen molar-refractivity contribution in [2.24, 2.45) is 12.8 Å². The van der Waals surface area contributed by atoms with Crippen molar-refractivity contribution < 1.29 is 14.7 Å². The molecule has 12 nitrogen and oxygen atoms in total. The van der Waals surface area contributed by atoms with Crippen LogP contribution in [-0.2, 0) is 12.6 Å². The first kappa shape index (κ1) is 24.1.